The number of benzene rings is 1. The lowest BCUT2D eigenvalue weighted by atomic mass is 10.0. The monoisotopic (exact) mass is 268 g/mol. The van der Waals surface area contributed by atoms with Gasteiger partial charge in [-0.05, 0) is 23.3 Å². The average Bonchev–Trinajstić information content (AvgIpc) is 2.33. The number of ether oxygens (including phenoxy) is 1. The van der Waals surface area contributed by atoms with Crippen LogP contribution in [0, 0.1) is 0 Å². The summed E-state index contributed by atoms with van der Waals surface area (Å²) in [6.07, 6.45) is -1.43. The molecular weight excluding hydrogens is 257 g/mol. The quantitative estimate of drug-likeness (QED) is 0.930. The van der Waals surface area contributed by atoms with E-state index in [1.807, 2.05) is 0 Å². The number of nitrogen functional groups attached to an aromatic ring is 1. The third-order valence-electron chi connectivity index (χ3n) is 2.52. The summed E-state index contributed by atoms with van der Waals surface area (Å²) >= 11 is 0. The van der Waals surface area contributed by atoms with Crippen molar-refractivity contribution >= 4 is 5.69 Å². The van der Waals surface area contributed by atoms with Gasteiger partial charge in [0, 0.05) is 24.5 Å². The largest absolute Gasteiger partial charge is 0.573 e. The minimum atomic E-state index is -4.71. The van der Waals surface area contributed by atoms with Gasteiger partial charge in [-0.15, -0.1) is 13.2 Å². The average molecular weight is 268 g/mol. The zero-order valence-electron chi connectivity index (χ0n) is 9.82. The van der Waals surface area contributed by atoms with E-state index in [1.165, 1.54) is 24.5 Å². The van der Waals surface area contributed by atoms with Crippen LogP contribution >= 0.6 is 0 Å². The molecule has 0 saturated heterocycles. The smallest absolute Gasteiger partial charge is 0.405 e. The van der Waals surface area contributed by atoms with Crippen molar-refractivity contribution in [1.29, 1.82) is 0 Å². The molecule has 0 bridgehead atoms. The Kier molecular flexibility index (Phi) is 3.59. The molecule has 0 aliphatic carbocycles. The molecule has 3 nitrogen and oxygen atoms in total. The Labute approximate surface area is 107 Å². The first-order valence-electron chi connectivity index (χ1n) is 5.48. The topological polar surface area (TPSA) is 48.1 Å². The van der Waals surface area contributed by atoms with Crippen molar-refractivity contribution < 1.29 is 17.9 Å². The fraction of sp³-hybridized carbons (Fsp3) is 0.154. The number of hydrogen-bond acceptors (Lipinski definition) is 3. The van der Waals surface area contributed by atoms with Gasteiger partial charge in [0.05, 0.1) is 0 Å². The zero-order valence-corrected chi connectivity index (χ0v) is 9.82. The highest BCUT2D eigenvalue weighted by atomic mass is 19.4. The van der Waals surface area contributed by atoms with E-state index in [9.17, 15) is 13.2 Å². The molecule has 0 aliphatic heterocycles. The summed E-state index contributed by atoms with van der Waals surface area (Å²) in [5.41, 5.74) is 7.28. The summed E-state index contributed by atoms with van der Waals surface area (Å²) in [5.74, 6) is -0.224. The van der Waals surface area contributed by atoms with Crippen LogP contribution in [0.2, 0.25) is 0 Å². The molecule has 6 heteroatoms. The number of aromatic nitrogens is 1. The molecule has 0 amide bonds. The molecule has 2 rings (SSSR count). The highest BCUT2D eigenvalue weighted by Gasteiger charge is 2.31. The fourth-order valence-electron chi connectivity index (χ4n) is 1.66. The number of para-hydroxylation sites is 1. The van der Waals surface area contributed by atoms with Gasteiger partial charge in [-0.2, -0.15) is 0 Å². The summed E-state index contributed by atoms with van der Waals surface area (Å²) in [4.78, 5) is 3.90. The number of anilines is 1. The van der Waals surface area contributed by atoms with Crippen LogP contribution in [0.1, 0.15) is 11.1 Å². The first kappa shape index (κ1) is 13.2. The summed E-state index contributed by atoms with van der Waals surface area (Å²) in [5, 5.41) is 0. The van der Waals surface area contributed by atoms with Gasteiger partial charge in [-0.1, -0.05) is 18.2 Å². The third-order valence-corrected chi connectivity index (χ3v) is 2.52. The minimum absolute atomic E-state index is 0.224. The van der Waals surface area contributed by atoms with Crippen LogP contribution in [0.5, 0.6) is 5.75 Å². The van der Waals surface area contributed by atoms with Crippen LogP contribution in [0.4, 0.5) is 18.9 Å². The molecule has 1 aromatic carbocycles. The van der Waals surface area contributed by atoms with Crippen molar-refractivity contribution in [2.24, 2.45) is 0 Å². The molecule has 0 atom stereocenters. The second-order valence-electron chi connectivity index (χ2n) is 3.91. The second-order valence-corrected chi connectivity index (χ2v) is 3.91. The number of alkyl halides is 3. The SMILES string of the molecule is Nc1ccncc1Cc1ccccc1OC(F)(F)F. The lowest BCUT2D eigenvalue weighted by molar-refractivity contribution is -0.274. The molecule has 0 spiro atoms. The Bertz CT molecular complexity index is 570. The van der Waals surface area contributed by atoms with Crippen LogP contribution in [-0.4, -0.2) is 11.3 Å². The highest BCUT2D eigenvalue weighted by Crippen LogP contribution is 2.28. The van der Waals surface area contributed by atoms with E-state index in [0.717, 1.165) is 0 Å². The van der Waals surface area contributed by atoms with Gasteiger partial charge in [-0.25, -0.2) is 0 Å². The van der Waals surface area contributed by atoms with Gasteiger partial charge in [0.1, 0.15) is 5.75 Å². The summed E-state index contributed by atoms with van der Waals surface area (Å²) in [7, 11) is 0. The Hall–Kier alpha value is -2.24. The molecule has 0 aliphatic rings. The van der Waals surface area contributed by atoms with E-state index in [-0.39, 0.29) is 12.2 Å². The Morgan fingerprint density at radius 3 is 2.53 bits per heavy atom. The Morgan fingerprint density at radius 2 is 1.84 bits per heavy atom. The molecule has 2 N–H and O–H groups in total. The van der Waals surface area contributed by atoms with Crippen LogP contribution in [0.15, 0.2) is 42.7 Å². The molecule has 0 fully saturated rings. The van der Waals surface area contributed by atoms with Gasteiger partial charge in [0.25, 0.3) is 0 Å². The maximum Gasteiger partial charge on any atom is 0.573 e. The lowest BCUT2D eigenvalue weighted by Crippen LogP contribution is -2.18. The molecule has 0 unspecified atom stereocenters. The van der Waals surface area contributed by atoms with Crippen molar-refractivity contribution in [2.75, 3.05) is 5.73 Å². The van der Waals surface area contributed by atoms with Gasteiger partial charge in [0.2, 0.25) is 0 Å². The second kappa shape index (κ2) is 5.17. The van der Waals surface area contributed by atoms with E-state index in [0.29, 0.717) is 16.8 Å². The van der Waals surface area contributed by atoms with E-state index in [2.05, 4.69) is 9.72 Å². The van der Waals surface area contributed by atoms with Crippen molar-refractivity contribution in [1.82, 2.24) is 4.98 Å². The number of hydrogen-bond donors (Lipinski definition) is 1. The zero-order chi connectivity index (χ0) is 13.9. The fourth-order valence-corrected chi connectivity index (χ4v) is 1.66. The first-order chi connectivity index (χ1) is 8.96. The summed E-state index contributed by atoms with van der Waals surface area (Å²) in [6.45, 7) is 0. The van der Waals surface area contributed by atoms with Crippen LogP contribution in [0.3, 0.4) is 0 Å². The van der Waals surface area contributed by atoms with Crippen LogP contribution in [0.25, 0.3) is 0 Å². The van der Waals surface area contributed by atoms with Gasteiger partial charge >= 0.3 is 6.36 Å². The predicted molar refractivity (Wildman–Crippen MR) is 64.6 cm³/mol. The third kappa shape index (κ3) is 3.61. The Balaban J connectivity index is 2.28. The molecule has 100 valence electrons. The molecule has 0 saturated carbocycles. The molecule has 19 heavy (non-hydrogen) atoms. The van der Waals surface area contributed by atoms with Crippen LogP contribution < -0.4 is 10.5 Å². The number of nitrogens with zero attached hydrogens (tertiary/aromatic N) is 1. The van der Waals surface area contributed by atoms with E-state index >= 15 is 0 Å². The van der Waals surface area contributed by atoms with E-state index in [4.69, 9.17) is 5.73 Å². The highest BCUT2D eigenvalue weighted by molar-refractivity contribution is 5.48. The van der Waals surface area contributed by atoms with Crippen molar-refractivity contribution in [3.63, 3.8) is 0 Å². The summed E-state index contributed by atoms with van der Waals surface area (Å²) < 4.78 is 40.8. The maximum absolute atomic E-state index is 12.3. The van der Waals surface area contributed by atoms with Crippen molar-refractivity contribution in [2.45, 2.75) is 12.8 Å². The van der Waals surface area contributed by atoms with Crippen molar-refractivity contribution in [3.05, 3.63) is 53.9 Å². The number of nitrogens with two attached hydrogens (primary N) is 1. The molecular formula is C13H11F3N2O. The van der Waals surface area contributed by atoms with Crippen LogP contribution in [-0.2, 0) is 6.42 Å². The molecule has 1 heterocycles. The molecule has 2 aromatic rings. The maximum atomic E-state index is 12.3. The van der Waals surface area contributed by atoms with Gasteiger partial charge in [-0.3, -0.25) is 4.98 Å². The van der Waals surface area contributed by atoms with Gasteiger partial charge in [0.15, 0.2) is 0 Å². The first-order valence-corrected chi connectivity index (χ1v) is 5.48. The Morgan fingerprint density at radius 1 is 1.11 bits per heavy atom. The standard InChI is InChI=1S/C13H11F3N2O/c14-13(15,16)19-12-4-2-1-3-9(12)7-10-8-18-6-5-11(10)17/h1-6,8H,7H2,(H2,17,18). The summed E-state index contributed by atoms with van der Waals surface area (Å²) in [6, 6.07) is 7.56. The number of halogens is 3. The van der Waals surface area contributed by atoms with E-state index < -0.39 is 6.36 Å². The minimum Gasteiger partial charge on any atom is -0.405 e. The molecule has 1 aromatic heterocycles. The lowest BCUT2D eigenvalue weighted by Gasteiger charge is -2.13. The normalized spacial score (nSPS) is 11.3. The van der Waals surface area contributed by atoms with Crippen molar-refractivity contribution in [3.8, 4) is 5.75 Å². The molecule has 0 radical (unpaired) electrons. The predicted octanol–water partition coefficient (Wildman–Crippen LogP) is 3.15. The number of pyridine rings is 1. The van der Waals surface area contributed by atoms with E-state index in [1.54, 1.807) is 18.2 Å². The number of rotatable bonds is 3. The van der Waals surface area contributed by atoms with Gasteiger partial charge < -0.3 is 10.5 Å².